The molecule has 0 aliphatic heterocycles. The van der Waals surface area contributed by atoms with Gasteiger partial charge >= 0.3 is 0 Å². The summed E-state index contributed by atoms with van der Waals surface area (Å²) < 4.78 is 2.19. The second-order valence-electron chi connectivity index (χ2n) is 5.38. The maximum Gasteiger partial charge on any atom is 0.0703 e. The fourth-order valence-corrected chi connectivity index (χ4v) is 2.59. The van der Waals surface area contributed by atoms with Gasteiger partial charge in [-0.15, -0.1) is 0 Å². The van der Waals surface area contributed by atoms with Gasteiger partial charge in [-0.25, -0.2) is 0 Å². The van der Waals surface area contributed by atoms with Crippen molar-refractivity contribution >= 4 is 0 Å². The number of nitrogens with zero attached hydrogens (tertiary/aromatic N) is 2. The molecule has 0 aliphatic carbocycles. The molecule has 1 heterocycles. The van der Waals surface area contributed by atoms with Gasteiger partial charge in [0.25, 0.3) is 0 Å². The minimum absolute atomic E-state index is 0. The van der Waals surface area contributed by atoms with Gasteiger partial charge in [-0.1, -0.05) is 43.7 Å². The summed E-state index contributed by atoms with van der Waals surface area (Å²) in [6, 6.07) is 9.21. The van der Waals surface area contributed by atoms with E-state index < -0.39 is 0 Å². The van der Waals surface area contributed by atoms with Crippen LogP contribution in [0.2, 0.25) is 0 Å². The second-order valence-corrected chi connectivity index (χ2v) is 5.38. The Hall–Kier alpha value is -0.908. The van der Waals surface area contributed by atoms with Gasteiger partial charge in [0.05, 0.1) is 5.69 Å². The fourth-order valence-electron chi connectivity index (χ4n) is 2.59. The van der Waals surface area contributed by atoms with Crippen LogP contribution in [-0.4, -0.2) is 9.78 Å². The van der Waals surface area contributed by atoms with Crippen molar-refractivity contribution in [1.29, 1.82) is 0 Å². The molecule has 0 bridgehead atoms. The molecule has 0 saturated carbocycles. The van der Waals surface area contributed by atoms with Crippen LogP contribution >= 0.6 is 0 Å². The predicted octanol–water partition coefficient (Wildman–Crippen LogP) is 4.56. The number of aryl methyl sites for hydroxylation is 2. The Labute approximate surface area is 136 Å². The standard InChI is InChI=1S/C17H24N2.Pd/c1-6-15-17(14-10-8-13(5)9-11-14)16(7-2)19(18-15)12(3)4;/h8-12H,6-7H2,1-5H3;. The smallest absolute Gasteiger partial charge is 0.0703 e. The molecule has 1 aromatic heterocycles. The van der Waals surface area contributed by atoms with E-state index >= 15 is 0 Å². The summed E-state index contributed by atoms with van der Waals surface area (Å²) in [5.74, 6) is 0. The van der Waals surface area contributed by atoms with Crippen LogP contribution in [0.3, 0.4) is 0 Å². The topological polar surface area (TPSA) is 17.8 Å². The van der Waals surface area contributed by atoms with E-state index in [4.69, 9.17) is 5.10 Å². The van der Waals surface area contributed by atoms with Gasteiger partial charge in [0.15, 0.2) is 0 Å². The summed E-state index contributed by atoms with van der Waals surface area (Å²) in [6.07, 6.45) is 2.00. The quantitative estimate of drug-likeness (QED) is 0.729. The first-order valence-electron chi connectivity index (χ1n) is 7.25. The first kappa shape index (κ1) is 17.1. The summed E-state index contributed by atoms with van der Waals surface area (Å²) in [5.41, 5.74) is 6.52. The van der Waals surface area contributed by atoms with E-state index in [2.05, 4.69) is 63.6 Å². The average molecular weight is 363 g/mol. The van der Waals surface area contributed by atoms with Crippen molar-refractivity contribution in [1.82, 2.24) is 9.78 Å². The summed E-state index contributed by atoms with van der Waals surface area (Å²) in [6.45, 7) is 10.9. The van der Waals surface area contributed by atoms with E-state index in [1.807, 2.05) is 0 Å². The van der Waals surface area contributed by atoms with E-state index in [9.17, 15) is 0 Å². The van der Waals surface area contributed by atoms with Crippen LogP contribution in [-0.2, 0) is 33.3 Å². The molecular weight excluding hydrogens is 339 g/mol. The summed E-state index contributed by atoms with van der Waals surface area (Å²) >= 11 is 0. The van der Waals surface area contributed by atoms with Gasteiger partial charge in [-0.05, 0) is 39.2 Å². The van der Waals surface area contributed by atoms with Crippen molar-refractivity contribution in [3.63, 3.8) is 0 Å². The summed E-state index contributed by atoms with van der Waals surface area (Å²) in [5, 5.41) is 4.81. The van der Waals surface area contributed by atoms with E-state index in [1.165, 1.54) is 28.1 Å². The molecule has 1 aromatic carbocycles. The molecule has 2 aromatic rings. The summed E-state index contributed by atoms with van der Waals surface area (Å²) in [7, 11) is 0. The van der Waals surface area contributed by atoms with Crippen LogP contribution in [0.15, 0.2) is 24.3 Å². The minimum Gasteiger partial charge on any atom is -0.266 e. The number of aromatic nitrogens is 2. The monoisotopic (exact) mass is 362 g/mol. The Morgan fingerprint density at radius 3 is 2.10 bits per heavy atom. The van der Waals surface area contributed by atoms with Gasteiger partial charge in [0.1, 0.15) is 0 Å². The molecule has 112 valence electrons. The maximum atomic E-state index is 4.81. The number of benzene rings is 1. The number of hydrogen-bond acceptors (Lipinski definition) is 1. The molecule has 0 saturated heterocycles. The first-order valence-corrected chi connectivity index (χ1v) is 7.25. The van der Waals surface area contributed by atoms with E-state index in [-0.39, 0.29) is 20.4 Å². The Kier molecular flexibility index (Phi) is 6.17. The van der Waals surface area contributed by atoms with Crippen molar-refractivity contribution in [3.8, 4) is 11.1 Å². The molecule has 0 fully saturated rings. The normalized spacial score (nSPS) is 10.7. The molecule has 0 atom stereocenters. The van der Waals surface area contributed by atoms with E-state index in [0.29, 0.717) is 6.04 Å². The van der Waals surface area contributed by atoms with Crippen molar-refractivity contribution < 1.29 is 20.4 Å². The van der Waals surface area contributed by atoms with E-state index in [0.717, 1.165) is 12.8 Å². The minimum atomic E-state index is 0. The Morgan fingerprint density at radius 2 is 1.65 bits per heavy atom. The molecule has 20 heavy (non-hydrogen) atoms. The second kappa shape index (κ2) is 7.20. The van der Waals surface area contributed by atoms with E-state index in [1.54, 1.807) is 0 Å². The van der Waals surface area contributed by atoms with Gasteiger partial charge < -0.3 is 0 Å². The van der Waals surface area contributed by atoms with Crippen LogP contribution in [0, 0.1) is 6.92 Å². The van der Waals surface area contributed by atoms with Gasteiger partial charge in [0, 0.05) is 37.7 Å². The van der Waals surface area contributed by atoms with Gasteiger partial charge in [0.2, 0.25) is 0 Å². The number of hydrogen-bond donors (Lipinski definition) is 0. The van der Waals surface area contributed by atoms with Gasteiger partial charge in [-0.3, -0.25) is 4.68 Å². The van der Waals surface area contributed by atoms with Crippen LogP contribution in [0.5, 0.6) is 0 Å². The Morgan fingerprint density at radius 1 is 1.05 bits per heavy atom. The molecule has 0 spiro atoms. The third-order valence-electron chi connectivity index (χ3n) is 3.58. The molecule has 0 N–H and O–H groups in total. The first-order chi connectivity index (χ1) is 9.08. The molecule has 0 amide bonds. The average Bonchev–Trinajstić information content (AvgIpc) is 2.78. The molecule has 0 aliphatic rings. The molecule has 0 unspecified atom stereocenters. The van der Waals surface area contributed by atoms with Gasteiger partial charge in [-0.2, -0.15) is 5.10 Å². The SMILES string of the molecule is CCc1nn(C(C)C)c(CC)c1-c1ccc(C)cc1.[Pd]. The molecule has 2 nitrogen and oxygen atoms in total. The predicted molar refractivity (Wildman–Crippen MR) is 81.5 cm³/mol. The third-order valence-corrected chi connectivity index (χ3v) is 3.58. The van der Waals surface area contributed by atoms with Crippen LogP contribution in [0.25, 0.3) is 11.1 Å². The van der Waals surface area contributed by atoms with Crippen molar-refractivity contribution in [2.75, 3.05) is 0 Å². The largest absolute Gasteiger partial charge is 0.266 e. The van der Waals surface area contributed by atoms with Crippen LogP contribution in [0.1, 0.15) is 50.7 Å². The zero-order valence-electron chi connectivity index (χ0n) is 13.0. The summed E-state index contributed by atoms with van der Waals surface area (Å²) in [4.78, 5) is 0. The maximum absolute atomic E-state index is 4.81. The van der Waals surface area contributed by atoms with Crippen molar-refractivity contribution in [2.24, 2.45) is 0 Å². The Balaban J connectivity index is 0.00000200. The Bertz CT molecular complexity index is 553. The van der Waals surface area contributed by atoms with Crippen LogP contribution in [0.4, 0.5) is 0 Å². The zero-order chi connectivity index (χ0) is 14.0. The molecule has 2 rings (SSSR count). The fraction of sp³-hybridized carbons (Fsp3) is 0.471. The molecular formula is C17H24N2Pd. The number of rotatable bonds is 4. The molecule has 0 radical (unpaired) electrons. The third kappa shape index (κ3) is 3.22. The molecule has 3 heteroatoms. The van der Waals surface area contributed by atoms with Crippen LogP contribution < -0.4 is 0 Å². The van der Waals surface area contributed by atoms with Crippen molar-refractivity contribution in [2.45, 2.75) is 53.5 Å². The zero-order valence-corrected chi connectivity index (χ0v) is 14.6. The van der Waals surface area contributed by atoms with Crippen molar-refractivity contribution in [3.05, 3.63) is 41.2 Å².